The molecule has 5 nitrogen and oxygen atoms in total. The SMILES string of the molecule is CCC1C(=O)NC(=O)CN1c1ccc(C#N)c(F)c1F. The Kier molecular flexibility index (Phi) is 3.66. The fourth-order valence-electron chi connectivity index (χ4n) is 2.17. The number of rotatable bonds is 2. The molecule has 1 fully saturated rings. The number of hydrogen-bond acceptors (Lipinski definition) is 4. The molecule has 0 saturated carbocycles. The molecule has 0 bridgehead atoms. The second kappa shape index (κ2) is 5.25. The third kappa shape index (κ3) is 2.20. The van der Waals surface area contributed by atoms with Gasteiger partial charge < -0.3 is 4.90 Å². The second-order valence-electron chi connectivity index (χ2n) is 4.34. The van der Waals surface area contributed by atoms with Gasteiger partial charge in [-0.25, -0.2) is 8.78 Å². The molecule has 0 spiro atoms. The van der Waals surface area contributed by atoms with Gasteiger partial charge in [-0.05, 0) is 18.6 Å². The number of amides is 2. The zero-order valence-electron chi connectivity index (χ0n) is 10.6. The minimum atomic E-state index is -1.28. The van der Waals surface area contributed by atoms with Crippen LogP contribution in [-0.4, -0.2) is 24.4 Å². The molecule has 2 rings (SSSR count). The van der Waals surface area contributed by atoms with Crippen LogP contribution in [-0.2, 0) is 9.59 Å². The van der Waals surface area contributed by atoms with E-state index in [9.17, 15) is 18.4 Å². The van der Waals surface area contributed by atoms with Crippen molar-refractivity contribution in [3.05, 3.63) is 29.3 Å². The monoisotopic (exact) mass is 279 g/mol. The fourth-order valence-corrected chi connectivity index (χ4v) is 2.17. The summed E-state index contributed by atoms with van der Waals surface area (Å²) in [4.78, 5) is 24.3. The minimum absolute atomic E-state index is 0.198. The van der Waals surface area contributed by atoms with Crippen LogP contribution in [0.4, 0.5) is 14.5 Å². The Labute approximate surface area is 113 Å². The predicted molar refractivity (Wildman–Crippen MR) is 65.6 cm³/mol. The summed E-state index contributed by atoms with van der Waals surface area (Å²) in [5.74, 6) is -3.64. The number of piperazine rings is 1. The second-order valence-corrected chi connectivity index (χ2v) is 4.34. The van der Waals surface area contributed by atoms with Gasteiger partial charge in [-0.1, -0.05) is 6.92 Å². The van der Waals surface area contributed by atoms with Crippen molar-refractivity contribution in [3.63, 3.8) is 0 Å². The molecule has 1 aliphatic rings. The topological polar surface area (TPSA) is 73.2 Å². The number of nitrogens with zero attached hydrogens (tertiary/aromatic N) is 2. The van der Waals surface area contributed by atoms with E-state index in [-0.39, 0.29) is 12.2 Å². The number of imide groups is 1. The number of nitrogens with one attached hydrogen (secondary N) is 1. The Bertz CT molecular complexity index is 625. The van der Waals surface area contributed by atoms with Gasteiger partial charge in [0.2, 0.25) is 11.8 Å². The van der Waals surface area contributed by atoms with E-state index < -0.39 is 35.1 Å². The molecule has 1 atom stereocenters. The highest BCUT2D eigenvalue weighted by molar-refractivity contribution is 6.04. The van der Waals surface area contributed by atoms with Crippen LogP contribution >= 0.6 is 0 Å². The molecule has 1 saturated heterocycles. The van der Waals surface area contributed by atoms with Crippen molar-refractivity contribution in [2.45, 2.75) is 19.4 Å². The summed E-state index contributed by atoms with van der Waals surface area (Å²) in [6, 6.07) is 3.10. The molecule has 1 aromatic rings. The molecule has 0 aliphatic carbocycles. The van der Waals surface area contributed by atoms with Crippen LogP contribution in [0.3, 0.4) is 0 Å². The summed E-state index contributed by atoms with van der Waals surface area (Å²) >= 11 is 0. The fraction of sp³-hybridized carbons (Fsp3) is 0.308. The van der Waals surface area contributed by atoms with E-state index >= 15 is 0 Å². The summed E-state index contributed by atoms with van der Waals surface area (Å²) in [6.07, 6.45) is 0.334. The lowest BCUT2D eigenvalue weighted by Crippen LogP contribution is -2.58. The van der Waals surface area contributed by atoms with E-state index in [1.165, 1.54) is 17.0 Å². The van der Waals surface area contributed by atoms with Crippen LogP contribution in [0.2, 0.25) is 0 Å². The number of hydrogen-bond donors (Lipinski definition) is 1. The first-order valence-corrected chi connectivity index (χ1v) is 5.98. The molecular formula is C13H11F2N3O2. The highest BCUT2D eigenvalue weighted by Crippen LogP contribution is 2.27. The van der Waals surface area contributed by atoms with Gasteiger partial charge in [0.15, 0.2) is 11.6 Å². The highest BCUT2D eigenvalue weighted by atomic mass is 19.2. The lowest BCUT2D eigenvalue weighted by molar-refractivity contribution is -0.132. The maximum Gasteiger partial charge on any atom is 0.249 e. The Morgan fingerprint density at radius 3 is 2.70 bits per heavy atom. The summed E-state index contributed by atoms with van der Waals surface area (Å²) < 4.78 is 27.6. The minimum Gasteiger partial charge on any atom is -0.348 e. The molecule has 0 radical (unpaired) electrons. The van der Waals surface area contributed by atoms with Crippen LogP contribution in [0.5, 0.6) is 0 Å². The van der Waals surface area contributed by atoms with Crippen LogP contribution in [0.15, 0.2) is 12.1 Å². The van der Waals surface area contributed by atoms with Crippen molar-refractivity contribution in [3.8, 4) is 6.07 Å². The smallest absolute Gasteiger partial charge is 0.249 e. The third-order valence-electron chi connectivity index (χ3n) is 3.13. The predicted octanol–water partition coefficient (Wildman–Crippen LogP) is 1.08. The number of nitriles is 1. The maximum absolute atomic E-state index is 14.0. The van der Waals surface area contributed by atoms with Crippen molar-refractivity contribution < 1.29 is 18.4 Å². The van der Waals surface area contributed by atoms with Crippen LogP contribution < -0.4 is 10.2 Å². The first-order valence-electron chi connectivity index (χ1n) is 5.98. The normalized spacial score (nSPS) is 18.7. The van der Waals surface area contributed by atoms with Crippen LogP contribution in [0.1, 0.15) is 18.9 Å². The molecule has 0 aromatic heterocycles. The van der Waals surface area contributed by atoms with Crippen molar-refractivity contribution in [1.82, 2.24) is 5.32 Å². The molecule has 1 heterocycles. The number of carbonyl (C=O) groups excluding carboxylic acids is 2. The largest absolute Gasteiger partial charge is 0.348 e. The van der Waals surface area contributed by atoms with E-state index in [2.05, 4.69) is 5.32 Å². The van der Waals surface area contributed by atoms with E-state index in [1.807, 2.05) is 0 Å². The van der Waals surface area contributed by atoms with Crippen LogP contribution in [0, 0.1) is 23.0 Å². The van der Waals surface area contributed by atoms with Crippen molar-refractivity contribution in [2.75, 3.05) is 11.4 Å². The lowest BCUT2D eigenvalue weighted by atomic mass is 10.1. The van der Waals surface area contributed by atoms with E-state index in [0.717, 1.165) is 6.07 Å². The molecule has 1 unspecified atom stereocenters. The molecule has 104 valence electrons. The number of benzene rings is 1. The van der Waals surface area contributed by atoms with E-state index in [4.69, 9.17) is 5.26 Å². The van der Waals surface area contributed by atoms with Crippen molar-refractivity contribution in [1.29, 1.82) is 5.26 Å². The van der Waals surface area contributed by atoms with Gasteiger partial charge in [-0.15, -0.1) is 0 Å². The van der Waals surface area contributed by atoms with Crippen molar-refractivity contribution in [2.24, 2.45) is 0 Å². The highest BCUT2D eigenvalue weighted by Gasteiger charge is 2.34. The Hall–Kier alpha value is -2.49. The van der Waals surface area contributed by atoms with Gasteiger partial charge in [0.1, 0.15) is 12.1 Å². The standard InChI is InChI=1S/C13H11F2N3O2/c1-2-8-13(20)17-10(19)6-18(8)9-4-3-7(5-16)11(14)12(9)15/h3-4,8H,2,6H2,1H3,(H,17,19,20). The molecule has 1 aromatic carbocycles. The van der Waals surface area contributed by atoms with E-state index in [1.54, 1.807) is 6.92 Å². The van der Waals surface area contributed by atoms with E-state index in [0.29, 0.717) is 6.42 Å². The average molecular weight is 279 g/mol. The molecule has 20 heavy (non-hydrogen) atoms. The zero-order valence-corrected chi connectivity index (χ0v) is 10.6. The lowest BCUT2D eigenvalue weighted by Gasteiger charge is -2.35. The Morgan fingerprint density at radius 1 is 1.40 bits per heavy atom. The van der Waals surface area contributed by atoms with Gasteiger partial charge in [-0.2, -0.15) is 5.26 Å². The molecule has 7 heteroatoms. The number of anilines is 1. The molecule has 1 aliphatic heterocycles. The average Bonchev–Trinajstić information content (AvgIpc) is 2.41. The first-order chi connectivity index (χ1) is 9.49. The molecular weight excluding hydrogens is 268 g/mol. The van der Waals surface area contributed by atoms with Gasteiger partial charge in [0.05, 0.1) is 17.8 Å². The molecule has 2 amide bonds. The van der Waals surface area contributed by atoms with Gasteiger partial charge >= 0.3 is 0 Å². The van der Waals surface area contributed by atoms with Gasteiger partial charge in [0, 0.05) is 0 Å². The molecule has 1 N–H and O–H groups in total. The zero-order chi connectivity index (χ0) is 14.9. The quantitative estimate of drug-likeness (QED) is 0.822. The summed E-state index contributed by atoms with van der Waals surface area (Å²) in [5, 5.41) is 10.8. The Balaban J connectivity index is 2.49. The number of halogens is 2. The van der Waals surface area contributed by atoms with Crippen molar-refractivity contribution >= 4 is 17.5 Å². The first kappa shape index (κ1) is 13.9. The van der Waals surface area contributed by atoms with Gasteiger partial charge in [0.25, 0.3) is 0 Å². The summed E-state index contributed by atoms with van der Waals surface area (Å²) in [7, 11) is 0. The summed E-state index contributed by atoms with van der Waals surface area (Å²) in [6.45, 7) is 1.46. The van der Waals surface area contributed by atoms with Gasteiger partial charge in [-0.3, -0.25) is 14.9 Å². The summed E-state index contributed by atoms with van der Waals surface area (Å²) in [5.41, 5.74) is -0.622. The third-order valence-corrected chi connectivity index (χ3v) is 3.13. The van der Waals surface area contributed by atoms with Crippen LogP contribution in [0.25, 0.3) is 0 Å². The Morgan fingerprint density at radius 2 is 2.10 bits per heavy atom. The maximum atomic E-state index is 14.0. The number of carbonyl (C=O) groups is 2.